The highest BCUT2D eigenvalue weighted by atomic mass is 35.5. The monoisotopic (exact) mass is 601 g/mol. The van der Waals surface area contributed by atoms with E-state index in [1.807, 2.05) is 0 Å². The number of ketones is 2. The molecular formula is C31H40ClN3O7. The molecule has 0 heterocycles. The SMILES string of the molecule is CC(C)CCN(Cc1cc(O)c2c(c1Cl)C[C@H]1C[C@H]3[C@H](N(C)C)C(O)=C(C(N)=O)C(=O)[C@@]3(O)C(O)=C1C2=O)CC1CC1. The second-order valence-electron chi connectivity index (χ2n) is 13.0. The van der Waals surface area contributed by atoms with E-state index >= 15 is 0 Å². The minimum absolute atomic E-state index is 0.0231. The Hall–Kier alpha value is -2.92. The molecule has 1 amide bonds. The van der Waals surface area contributed by atoms with Crippen LogP contribution in [0, 0.1) is 23.7 Å². The molecule has 6 N–H and O–H groups in total. The van der Waals surface area contributed by atoms with Crippen LogP contribution in [-0.2, 0) is 22.6 Å². The fourth-order valence-electron chi connectivity index (χ4n) is 7.05. The minimum Gasteiger partial charge on any atom is -0.510 e. The number of nitrogens with two attached hydrogens (primary N) is 1. The summed E-state index contributed by atoms with van der Waals surface area (Å²) in [6.45, 7) is 6.69. The van der Waals surface area contributed by atoms with Crippen molar-refractivity contribution in [2.45, 2.75) is 64.1 Å². The van der Waals surface area contributed by atoms with Crippen LogP contribution < -0.4 is 5.73 Å². The quantitative estimate of drug-likeness (QED) is 0.268. The smallest absolute Gasteiger partial charge is 0.255 e. The summed E-state index contributed by atoms with van der Waals surface area (Å²) in [6.07, 6.45) is 3.61. The lowest BCUT2D eigenvalue weighted by atomic mass is 9.58. The molecule has 0 unspecified atom stereocenters. The molecule has 5 rings (SSSR count). The molecule has 0 bridgehead atoms. The molecule has 228 valence electrons. The van der Waals surface area contributed by atoms with Crippen molar-refractivity contribution >= 4 is 29.1 Å². The van der Waals surface area contributed by atoms with Crippen LogP contribution in [0.4, 0.5) is 0 Å². The average molecular weight is 602 g/mol. The maximum absolute atomic E-state index is 13.9. The molecule has 1 saturated carbocycles. The van der Waals surface area contributed by atoms with Gasteiger partial charge in [-0.2, -0.15) is 0 Å². The van der Waals surface area contributed by atoms with Gasteiger partial charge in [0.25, 0.3) is 5.91 Å². The van der Waals surface area contributed by atoms with E-state index in [2.05, 4.69) is 18.7 Å². The number of rotatable bonds is 9. The van der Waals surface area contributed by atoms with Gasteiger partial charge in [0.15, 0.2) is 11.4 Å². The van der Waals surface area contributed by atoms with Crippen LogP contribution in [0.2, 0.25) is 5.02 Å². The van der Waals surface area contributed by atoms with E-state index in [9.17, 15) is 34.8 Å². The molecule has 1 aromatic carbocycles. The molecule has 10 nitrogen and oxygen atoms in total. The molecule has 0 spiro atoms. The molecule has 11 heteroatoms. The van der Waals surface area contributed by atoms with Crippen molar-refractivity contribution in [2.75, 3.05) is 27.2 Å². The number of phenols is 1. The lowest BCUT2D eigenvalue weighted by Gasteiger charge is -2.50. The van der Waals surface area contributed by atoms with Crippen molar-refractivity contribution in [1.29, 1.82) is 0 Å². The van der Waals surface area contributed by atoms with Gasteiger partial charge < -0.3 is 26.2 Å². The van der Waals surface area contributed by atoms with Gasteiger partial charge in [-0.25, -0.2) is 0 Å². The minimum atomic E-state index is -2.66. The lowest BCUT2D eigenvalue weighted by molar-refractivity contribution is -0.148. The number of carbonyl (C=O) groups excluding carboxylic acids is 3. The van der Waals surface area contributed by atoms with Crippen LogP contribution in [0.1, 0.15) is 61.0 Å². The zero-order chi connectivity index (χ0) is 30.8. The van der Waals surface area contributed by atoms with Crippen molar-refractivity contribution in [2.24, 2.45) is 29.4 Å². The summed E-state index contributed by atoms with van der Waals surface area (Å²) in [7, 11) is 3.20. The number of fused-ring (bicyclic) bond motifs is 3. The number of primary amides is 1. The van der Waals surface area contributed by atoms with Crippen LogP contribution >= 0.6 is 11.6 Å². The van der Waals surface area contributed by atoms with Crippen molar-refractivity contribution in [3.8, 4) is 5.75 Å². The molecule has 4 aliphatic rings. The summed E-state index contributed by atoms with van der Waals surface area (Å²) >= 11 is 6.96. The van der Waals surface area contributed by atoms with Gasteiger partial charge in [-0.15, -0.1) is 0 Å². The van der Waals surface area contributed by atoms with E-state index in [0.717, 1.165) is 19.5 Å². The Morgan fingerprint density at radius 1 is 1.19 bits per heavy atom. The second-order valence-corrected chi connectivity index (χ2v) is 13.4. The molecule has 0 radical (unpaired) electrons. The Kier molecular flexibility index (Phi) is 7.98. The summed E-state index contributed by atoms with van der Waals surface area (Å²) in [4.78, 5) is 43.3. The first kappa shape index (κ1) is 30.5. The first-order valence-corrected chi connectivity index (χ1v) is 15.0. The number of halogens is 1. The summed E-state index contributed by atoms with van der Waals surface area (Å²) in [6, 6.07) is 0.453. The summed E-state index contributed by atoms with van der Waals surface area (Å²) in [5.41, 5.74) is 2.80. The Morgan fingerprint density at radius 3 is 2.43 bits per heavy atom. The number of likely N-dealkylation sites (N-methyl/N-ethyl adjacent to an activating group) is 1. The normalized spacial score (nSPS) is 27.6. The molecule has 0 aliphatic heterocycles. The third-order valence-corrected chi connectivity index (χ3v) is 9.83. The average Bonchev–Trinajstić information content (AvgIpc) is 3.71. The van der Waals surface area contributed by atoms with Crippen LogP contribution in [0.5, 0.6) is 5.75 Å². The van der Waals surface area contributed by atoms with Crippen molar-refractivity contribution in [3.05, 3.63) is 50.4 Å². The van der Waals surface area contributed by atoms with E-state index in [1.54, 1.807) is 14.1 Å². The molecule has 0 saturated heterocycles. The molecule has 1 aromatic rings. The number of allylic oxidation sites excluding steroid dienone is 1. The number of carbonyl (C=O) groups is 3. The van der Waals surface area contributed by atoms with Gasteiger partial charge in [0, 0.05) is 29.6 Å². The largest absolute Gasteiger partial charge is 0.510 e. The highest BCUT2D eigenvalue weighted by Crippen LogP contribution is 2.53. The fraction of sp³-hybridized carbons (Fsp3) is 0.581. The van der Waals surface area contributed by atoms with Gasteiger partial charge in [-0.1, -0.05) is 25.4 Å². The van der Waals surface area contributed by atoms with Crippen molar-refractivity contribution in [3.63, 3.8) is 0 Å². The lowest BCUT2D eigenvalue weighted by Crippen LogP contribution is -2.63. The number of aliphatic hydroxyl groups excluding tert-OH is 2. The maximum Gasteiger partial charge on any atom is 0.255 e. The first-order chi connectivity index (χ1) is 19.7. The Labute approximate surface area is 250 Å². The van der Waals surface area contributed by atoms with Crippen molar-refractivity contribution < 1.29 is 34.8 Å². The first-order valence-electron chi connectivity index (χ1n) is 14.6. The van der Waals surface area contributed by atoms with Crippen LogP contribution in [0.25, 0.3) is 0 Å². The number of benzene rings is 1. The third-order valence-electron chi connectivity index (χ3n) is 9.36. The van der Waals surface area contributed by atoms with Crippen LogP contribution in [0.15, 0.2) is 28.7 Å². The number of aromatic hydroxyl groups is 1. The number of phenolic OH excluding ortho intramolecular Hbond substituents is 1. The number of amides is 1. The van der Waals surface area contributed by atoms with Gasteiger partial charge in [-0.3, -0.25) is 24.2 Å². The Bertz CT molecular complexity index is 1410. The van der Waals surface area contributed by atoms with Crippen LogP contribution in [-0.4, -0.2) is 86.5 Å². The van der Waals surface area contributed by atoms with Gasteiger partial charge >= 0.3 is 0 Å². The number of hydrogen-bond acceptors (Lipinski definition) is 9. The van der Waals surface area contributed by atoms with E-state index in [4.69, 9.17) is 17.3 Å². The van der Waals surface area contributed by atoms with Gasteiger partial charge in [-0.05, 0) is 87.7 Å². The topological polar surface area (TPSA) is 165 Å². The molecule has 42 heavy (non-hydrogen) atoms. The van der Waals surface area contributed by atoms with Crippen LogP contribution in [0.3, 0.4) is 0 Å². The molecule has 4 aliphatic carbocycles. The Morgan fingerprint density at radius 2 is 1.86 bits per heavy atom. The van der Waals surface area contributed by atoms with E-state index < -0.39 is 58.0 Å². The predicted octanol–water partition coefficient (Wildman–Crippen LogP) is 3.03. The molecule has 0 aromatic heterocycles. The summed E-state index contributed by atoms with van der Waals surface area (Å²) in [5, 5.41) is 45.6. The number of nitrogens with zero attached hydrogens (tertiary/aromatic N) is 2. The standard InChI is InChI=1S/C31H40ClN3O7/c1-14(2)7-8-35(12-15-5-6-15)13-17-11-20(36)22-18(24(17)32)9-16-10-19-25(34(3)4)27(38)23(30(33)41)29(40)31(19,42)28(39)21(16)26(22)37/h11,14-16,19,25,36,38-39,42H,5-10,12-13H2,1-4H3,(H2,33,41)/t16-,19-,25-,31-/m0/s1. The van der Waals surface area contributed by atoms with Crippen molar-refractivity contribution in [1.82, 2.24) is 9.80 Å². The van der Waals surface area contributed by atoms with E-state index in [1.165, 1.54) is 23.8 Å². The highest BCUT2D eigenvalue weighted by molar-refractivity contribution is 6.33. The fourth-order valence-corrected chi connectivity index (χ4v) is 7.34. The molecular weight excluding hydrogens is 562 g/mol. The third kappa shape index (κ3) is 4.92. The zero-order valence-corrected chi connectivity index (χ0v) is 25.2. The summed E-state index contributed by atoms with van der Waals surface area (Å²) in [5.74, 6) is -5.56. The predicted molar refractivity (Wildman–Crippen MR) is 156 cm³/mol. The molecule has 1 fully saturated rings. The number of Topliss-reactive ketones (excluding diaryl/α,β-unsaturated/α-hetero) is 2. The Balaban J connectivity index is 1.56. The summed E-state index contributed by atoms with van der Waals surface area (Å²) < 4.78 is 0. The number of hydrogen-bond donors (Lipinski definition) is 5. The number of aliphatic hydroxyl groups is 3. The second kappa shape index (κ2) is 11.0. The highest BCUT2D eigenvalue weighted by Gasteiger charge is 2.63. The van der Waals surface area contributed by atoms with Gasteiger partial charge in [0.05, 0.1) is 11.6 Å². The maximum atomic E-state index is 13.9. The van der Waals surface area contributed by atoms with E-state index in [0.29, 0.717) is 34.5 Å². The van der Waals surface area contributed by atoms with Gasteiger partial charge in [0.2, 0.25) is 5.78 Å². The van der Waals surface area contributed by atoms with E-state index in [-0.39, 0.29) is 29.7 Å². The molecule has 4 atom stereocenters. The van der Waals surface area contributed by atoms with Gasteiger partial charge in [0.1, 0.15) is 22.8 Å². The zero-order valence-electron chi connectivity index (χ0n) is 24.5.